The lowest BCUT2D eigenvalue weighted by atomic mass is 10.2. The van der Waals surface area contributed by atoms with E-state index in [1.165, 1.54) is 0 Å². The highest BCUT2D eigenvalue weighted by Crippen LogP contribution is 2.17. The number of hydrogen-bond donors (Lipinski definition) is 1. The van der Waals surface area contributed by atoms with Gasteiger partial charge in [0.05, 0.1) is 12.2 Å². The van der Waals surface area contributed by atoms with Gasteiger partial charge in [0, 0.05) is 19.6 Å². The van der Waals surface area contributed by atoms with Gasteiger partial charge in [-0.2, -0.15) is 0 Å². The molecule has 4 nitrogen and oxygen atoms in total. The van der Waals surface area contributed by atoms with Gasteiger partial charge in [0.15, 0.2) is 0 Å². The standard InChI is InChI=1S/C16H25NO3/c1-12-6-4-5-7-16(12)19-11-15(18)10-17-8-13(2)20-14(3)9-17/h4-7,13-15,18H,8-11H2,1-3H3/t13-,14-,15+/m1/s1. The molecule has 1 aromatic rings. The van der Waals surface area contributed by atoms with Crippen LogP contribution in [0.2, 0.25) is 0 Å². The normalized spacial score (nSPS) is 25.4. The number of β-amino-alcohol motifs (C(OH)–C–C–N with tert-alkyl or cyclic N) is 1. The van der Waals surface area contributed by atoms with Gasteiger partial charge in [-0.25, -0.2) is 0 Å². The van der Waals surface area contributed by atoms with E-state index in [0.29, 0.717) is 13.2 Å². The minimum absolute atomic E-state index is 0.225. The number of ether oxygens (including phenoxy) is 2. The van der Waals surface area contributed by atoms with Crippen molar-refractivity contribution in [1.29, 1.82) is 0 Å². The Labute approximate surface area is 121 Å². The SMILES string of the molecule is Cc1ccccc1OC[C@@H](O)CN1C[C@@H](C)O[C@H](C)C1. The van der Waals surface area contributed by atoms with Crippen LogP contribution in [0.5, 0.6) is 5.75 Å². The van der Waals surface area contributed by atoms with E-state index >= 15 is 0 Å². The van der Waals surface area contributed by atoms with E-state index in [1.54, 1.807) is 0 Å². The summed E-state index contributed by atoms with van der Waals surface area (Å²) in [7, 11) is 0. The van der Waals surface area contributed by atoms with Gasteiger partial charge in [-0.15, -0.1) is 0 Å². The van der Waals surface area contributed by atoms with Crippen LogP contribution in [-0.4, -0.2) is 54.6 Å². The van der Waals surface area contributed by atoms with Crippen LogP contribution in [0.3, 0.4) is 0 Å². The Balaban J connectivity index is 1.78. The third-order valence-electron chi connectivity index (χ3n) is 3.49. The number of aliphatic hydroxyl groups is 1. The minimum atomic E-state index is -0.480. The predicted molar refractivity (Wildman–Crippen MR) is 79.1 cm³/mol. The van der Waals surface area contributed by atoms with Crippen molar-refractivity contribution < 1.29 is 14.6 Å². The van der Waals surface area contributed by atoms with Gasteiger partial charge in [0.1, 0.15) is 18.5 Å². The van der Waals surface area contributed by atoms with E-state index in [4.69, 9.17) is 9.47 Å². The number of nitrogens with zero attached hydrogens (tertiary/aromatic N) is 1. The molecule has 2 rings (SSSR count). The summed E-state index contributed by atoms with van der Waals surface area (Å²) in [5.41, 5.74) is 1.09. The lowest BCUT2D eigenvalue weighted by Crippen LogP contribution is -2.48. The molecule has 0 saturated carbocycles. The lowest BCUT2D eigenvalue weighted by molar-refractivity contribution is -0.0786. The number of para-hydroxylation sites is 1. The Morgan fingerprint density at radius 2 is 1.95 bits per heavy atom. The highest BCUT2D eigenvalue weighted by atomic mass is 16.5. The fourth-order valence-electron chi connectivity index (χ4n) is 2.69. The van der Waals surface area contributed by atoms with Crippen LogP contribution in [0.4, 0.5) is 0 Å². The number of benzene rings is 1. The number of aryl methyl sites for hydroxylation is 1. The maximum atomic E-state index is 10.1. The third kappa shape index (κ3) is 4.47. The quantitative estimate of drug-likeness (QED) is 0.893. The van der Waals surface area contributed by atoms with Crippen LogP contribution < -0.4 is 4.74 Å². The van der Waals surface area contributed by atoms with Gasteiger partial charge in [-0.05, 0) is 32.4 Å². The average molecular weight is 279 g/mol. The van der Waals surface area contributed by atoms with Crippen LogP contribution in [0.15, 0.2) is 24.3 Å². The Hall–Kier alpha value is -1.10. The van der Waals surface area contributed by atoms with E-state index < -0.39 is 6.10 Å². The molecule has 1 aliphatic rings. The molecule has 1 fully saturated rings. The topological polar surface area (TPSA) is 41.9 Å². The summed E-state index contributed by atoms with van der Waals surface area (Å²) >= 11 is 0. The molecule has 1 saturated heterocycles. The molecule has 1 N–H and O–H groups in total. The maximum Gasteiger partial charge on any atom is 0.122 e. The first-order chi connectivity index (χ1) is 9.54. The molecule has 1 aromatic carbocycles. The second-order valence-corrected chi connectivity index (χ2v) is 5.71. The fraction of sp³-hybridized carbons (Fsp3) is 0.625. The molecule has 0 unspecified atom stereocenters. The molecule has 1 aliphatic heterocycles. The third-order valence-corrected chi connectivity index (χ3v) is 3.49. The van der Waals surface area contributed by atoms with Crippen molar-refractivity contribution in [3.63, 3.8) is 0 Å². The molecule has 0 aromatic heterocycles. The zero-order valence-corrected chi connectivity index (χ0v) is 12.6. The Morgan fingerprint density at radius 3 is 2.60 bits per heavy atom. The molecule has 4 heteroatoms. The van der Waals surface area contributed by atoms with E-state index in [-0.39, 0.29) is 12.2 Å². The molecule has 1 heterocycles. The highest BCUT2D eigenvalue weighted by Gasteiger charge is 2.23. The van der Waals surface area contributed by atoms with Crippen LogP contribution in [0.25, 0.3) is 0 Å². The maximum absolute atomic E-state index is 10.1. The Bertz CT molecular complexity index is 414. The van der Waals surface area contributed by atoms with Crippen molar-refractivity contribution in [2.45, 2.75) is 39.1 Å². The molecule has 0 radical (unpaired) electrons. The highest BCUT2D eigenvalue weighted by molar-refractivity contribution is 5.31. The van der Waals surface area contributed by atoms with E-state index in [0.717, 1.165) is 24.4 Å². The second-order valence-electron chi connectivity index (χ2n) is 5.71. The van der Waals surface area contributed by atoms with Crippen molar-refractivity contribution in [2.75, 3.05) is 26.2 Å². The number of aliphatic hydroxyl groups excluding tert-OH is 1. The predicted octanol–water partition coefficient (Wildman–Crippen LogP) is 1.84. The molecular formula is C16H25NO3. The van der Waals surface area contributed by atoms with Gasteiger partial charge in [-0.1, -0.05) is 18.2 Å². The second kappa shape index (κ2) is 7.07. The summed E-state index contributed by atoms with van der Waals surface area (Å²) in [6, 6.07) is 7.86. The minimum Gasteiger partial charge on any atom is -0.491 e. The summed E-state index contributed by atoms with van der Waals surface area (Å²) in [6.45, 7) is 8.83. The first-order valence-corrected chi connectivity index (χ1v) is 7.29. The Morgan fingerprint density at radius 1 is 1.30 bits per heavy atom. The summed E-state index contributed by atoms with van der Waals surface area (Å²) in [5.74, 6) is 0.843. The molecule has 20 heavy (non-hydrogen) atoms. The van der Waals surface area contributed by atoms with Gasteiger partial charge in [-0.3, -0.25) is 4.90 Å². The zero-order valence-electron chi connectivity index (χ0n) is 12.6. The lowest BCUT2D eigenvalue weighted by Gasteiger charge is -2.36. The molecule has 0 aliphatic carbocycles. The monoisotopic (exact) mass is 279 g/mol. The molecule has 112 valence electrons. The van der Waals surface area contributed by atoms with Crippen molar-refractivity contribution in [1.82, 2.24) is 4.90 Å². The van der Waals surface area contributed by atoms with Crippen LogP contribution >= 0.6 is 0 Å². The molecule has 3 atom stereocenters. The first kappa shape index (κ1) is 15.3. The number of rotatable bonds is 5. The Kier molecular flexibility index (Phi) is 5.40. The number of hydrogen-bond acceptors (Lipinski definition) is 4. The van der Waals surface area contributed by atoms with E-state index in [2.05, 4.69) is 18.7 Å². The fourth-order valence-corrected chi connectivity index (χ4v) is 2.69. The van der Waals surface area contributed by atoms with Crippen LogP contribution in [0.1, 0.15) is 19.4 Å². The molecule has 0 bridgehead atoms. The van der Waals surface area contributed by atoms with E-state index in [9.17, 15) is 5.11 Å². The number of morpholine rings is 1. The van der Waals surface area contributed by atoms with Gasteiger partial charge in [0.2, 0.25) is 0 Å². The van der Waals surface area contributed by atoms with Crippen molar-refractivity contribution in [3.05, 3.63) is 29.8 Å². The summed E-state index contributed by atoms with van der Waals surface area (Å²) in [6.07, 6.45) is -0.0291. The molecule has 0 spiro atoms. The van der Waals surface area contributed by atoms with Crippen molar-refractivity contribution in [2.24, 2.45) is 0 Å². The molecule has 0 amide bonds. The van der Waals surface area contributed by atoms with E-state index in [1.807, 2.05) is 31.2 Å². The van der Waals surface area contributed by atoms with Gasteiger partial charge < -0.3 is 14.6 Å². The summed E-state index contributed by atoms with van der Waals surface area (Å²) in [5, 5.41) is 10.1. The first-order valence-electron chi connectivity index (χ1n) is 7.29. The summed E-state index contributed by atoms with van der Waals surface area (Å²) < 4.78 is 11.4. The zero-order chi connectivity index (χ0) is 14.5. The van der Waals surface area contributed by atoms with Crippen LogP contribution in [-0.2, 0) is 4.74 Å². The van der Waals surface area contributed by atoms with Crippen molar-refractivity contribution >= 4 is 0 Å². The average Bonchev–Trinajstić information content (AvgIpc) is 2.36. The largest absolute Gasteiger partial charge is 0.491 e. The summed E-state index contributed by atoms with van der Waals surface area (Å²) in [4.78, 5) is 2.24. The van der Waals surface area contributed by atoms with Crippen LogP contribution in [0, 0.1) is 6.92 Å². The smallest absolute Gasteiger partial charge is 0.122 e. The van der Waals surface area contributed by atoms with Gasteiger partial charge in [0.25, 0.3) is 0 Å². The van der Waals surface area contributed by atoms with Crippen molar-refractivity contribution in [3.8, 4) is 5.75 Å². The van der Waals surface area contributed by atoms with Gasteiger partial charge >= 0.3 is 0 Å². The molecular weight excluding hydrogens is 254 g/mol.